The van der Waals surface area contributed by atoms with Crippen molar-refractivity contribution in [2.75, 3.05) is 0 Å². The van der Waals surface area contributed by atoms with E-state index in [0.717, 1.165) is 54.8 Å². The van der Waals surface area contributed by atoms with E-state index in [0.29, 0.717) is 35.8 Å². The van der Waals surface area contributed by atoms with Gasteiger partial charge in [0, 0.05) is 34.5 Å². The van der Waals surface area contributed by atoms with Crippen LogP contribution in [0, 0.1) is 5.92 Å². The number of aliphatic hydroxyl groups is 1. The third kappa shape index (κ3) is 5.79. The molecule has 31 heavy (non-hydrogen) atoms. The molecular weight excluding hydrogens is 432 g/mol. The van der Waals surface area contributed by atoms with Crippen molar-refractivity contribution >= 4 is 28.8 Å². The molecule has 2 fully saturated rings. The zero-order valence-corrected chi connectivity index (χ0v) is 19.5. The SMILES string of the molecule is O=C(C1CCCC1)N(Cc1cc(Cl)ccc1OCc1nc(CO)cs1)C1CCCCC1. The smallest absolute Gasteiger partial charge is 0.226 e. The van der Waals surface area contributed by atoms with Crippen LogP contribution in [-0.4, -0.2) is 26.9 Å². The Hall–Kier alpha value is -1.63. The molecule has 2 saturated carbocycles. The zero-order chi connectivity index (χ0) is 21.6. The summed E-state index contributed by atoms with van der Waals surface area (Å²) in [5.41, 5.74) is 1.61. The Bertz CT molecular complexity index is 875. The molecule has 1 heterocycles. The lowest BCUT2D eigenvalue weighted by molar-refractivity contribution is -0.139. The van der Waals surface area contributed by atoms with Gasteiger partial charge in [-0.2, -0.15) is 0 Å². The van der Waals surface area contributed by atoms with Gasteiger partial charge in [0.15, 0.2) is 0 Å². The first-order valence-electron chi connectivity index (χ1n) is 11.4. The summed E-state index contributed by atoms with van der Waals surface area (Å²) in [6.07, 6.45) is 10.1. The van der Waals surface area contributed by atoms with Crippen molar-refractivity contribution in [1.29, 1.82) is 0 Å². The zero-order valence-electron chi connectivity index (χ0n) is 17.9. The van der Waals surface area contributed by atoms with Crippen LogP contribution in [0.1, 0.15) is 74.1 Å². The van der Waals surface area contributed by atoms with Gasteiger partial charge in [-0.05, 0) is 43.9 Å². The number of aromatic nitrogens is 1. The van der Waals surface area contributed by atoms with Crippen LogP contribution in [0.25, 0.3) is 0 Å². The van der Waals surface area contributed by atoms with Gasteiger partial charge in [0.05, 0.1) is 12.3 Å². The van der Waals surface area contributed by atoms with E-state index in [1.165, 1.54) is 30.6 Å². The number of benzene rings is 1. The van der Waals surface area contributed by atoms with Crippen molar-refractivity contribution in [2.45, 2.75) is 83.6 Å². The molecule has 0 spiro atoms. The van der Waals surface area contributed by atoms with Gasteiger partial charge in [-0.15, -0.1) is 11.3 Å². The van der Waals surface area contributed by atoms with Crippen LogP contribution < -0.4 is 4.74 Å². The lowest BCUT2D eigenvalue weighted by atomic mass is 9.92. The van der Waals surface area contributed by atoms with Crippen molar-refractivity contribution in [3.05, 3.63) is 44.9 Å². The molecule has 2 aromatic rings. The minimum atomic E-state index is -0.0671. The minimum absolute atomic E-state index is 0.0671. The number of aliphatic hydroxyl groups excluding tert-OH is 1. The van der Waals surface area contributed by atoms with E-state index < -0.39 is 0 Å². The van der Waals surface area contributed by atoms with E-state index >= 15 is 0 Å². The van der Waals surface area contributed by atoms with Crippen molar-refractivity contribution in [3.63, 3.8) is 0 Å². The molecule has 1 amide bonds. The highest BCUT2D eigenvalue weighted by Crippen LogP contribution is 2.33. The molecule has 1 aromatic carbocycles. The number of hydrogen-bond donors (Lipinski definition) is 1. The van der Waals surface area contributed by atoms with Crippen LogP contribution in [-0.2, 0) is 24.6 Å². The molecule has 2 aliphatic carbocycles. The molecule has 0 aliphatic heterocycles. The summed E-state index contributed by atoms with van der Waals surface area (Å²) in [6, 6.07) is 5.94. The third-order valence-corrected chi connectivity index (χ3v) is 7.58. The average molecular weight is 463 g/mol. The van der Waals surface area contributed by atoms with Crippen molar-refractivity contribution in [2.24, 2.45) is 5.92 Å². The number of ether oxygens (including phenoxy) is 1. The fourth-order valence-corrected chi connectivity index (χ4v) is 5.70. The summed E-state index contributed by atoms with van der Waals surface area (Å²) in [5.74, 6) is 1.21. The van der Waals surface area contributed by atoms with Gasteiger partial charge in [0.2, 0.25) is 5.91 Å². The van der Waals surface area contributed by atoms with E-state index in [9.17, 15) is 9.90 Å². The van der Waals surface area contributed by atoms with Crippen LogP contribution in [0.4, 0.5) is 0 Å². The molecular formula is C24H31ClN2O3S. The van der Waals surface area contributed by atoms with Crippen LogP contribution in [0.3, 0.4) is 0 Å². The summed E-state index contributed by atoms with van der Waals surface area (Å²) < 4.78 is 6.10. The van der Waals surface area contributed by atoms with Gasteiger partial charge in [0.25, 0.3) is 0 Å². The van der Waals surface area contributed by atoms with E-state index in [2.05, 4.69) is 9.88 Å². The molecule has 0 unspecified atom stereocenters. The Morgan fingerprint density at radius 3 is 2.61 bits per heavy atom. The monoisotopic (exact) mass is 462 g/mol. The Kier molecular flexibility index (Phi) is 7.86. The topological polar surface area (TPSA) is 62.7 Å². The third-order valence-electron chi connectivity index (χ3n) is 6.48. The number of halogens is 1. The number of carbonyl (C=O) groups excluding carboxylic acids is 1. The van der Waals surface area contributed by atoms with Crippen molar-refractivity contribution in [1.82, 2.24) is 9.88 Å². The molecule has 168 valence electrons. The quantitative estimate of drug-likeness (QED) is 0.545. The second-order valence-corrected chi connectivity index (χ2v) is 10.0. The maximum atomic E-state index is 13.5. The molecule has 1 N–H and O–H groups in total. The predicted octanol–water partition coefficient (Wildman–Crippen LogP) is 5.72. The maximum absolute atomic E-state index is 13.5. The first kappa shape index (κ1) is 22.6. The highest BCUT2D eigenvalue weighted by atomic mass is 35.5. The molecule has 2 aliphatic rings. The normalized spacial score (nSPS) is 17.7. The second kappa shape index (κ2) is 10.8. The number of rotatable bonds is 8. The molecule has 0 radical (unpaired) electrons. The van der Waals surface area contributed by atoms with Gasteiger partial charge in [-0.1, -0.05) is 43.7 Å². The largest absolute Gasteiger partial charge is 0.486 e. The van der Waals surface area contributed by atoms with E-state index in [1.54, 1.807) is 0 Å². The van der Waals surface area contributed by atoms with Crippen LogP contribution in [0.15, 0.2) is 23.6 Å². The first-order valence-corrected chi connectivity index (χ1v) is 12.7. The lowest BCUT2D eigenvalue weighted by Gasteiger charge is -2.36. The summed E-state index contributed by atoms with van der Waals surface area (Å²) in [6.45, 7) is 0.803. The Morgan fingerprint density at radius 1 is 1.16 bits per heavy atom. The molecule has 5 nitrogen and oxygen atoms in total. The number of nitrogens with zero attached hydrogens (tertiary/aromatic N) is 2. The molecule has 0 atom stereocenters. The second-order valence-electron chi connectivity index (χ2n) is 8.67. The fourth-order valence-electron chi connectivity index (χ4n) is 4.81. The van der Waals surface area contributed by atoms with Gasteiger partial charge >= 0.3 is 0 Å². The Labute approximate surface area is 193 Å². The van der Waals surface area contributed by atoms with Gasteiger partial charge in [-0.3, -0.25) is 4.79 Å². The molecule has 4 rings (SSSR count). The highest BCUT2D eigenvalue weighted by molar-refractivity contribution is 7.09. The molecule has 0 saturated heterocycles. The standard InChI is InChI=1S/C24H31ClN2O3S/c25-19-10-11-22(30-15-23-26-20(14-28)16-31-23)18(12-19)13-27(21-8-2-1-3-9-21)24(29)17-6-4-5-7-17/h10-12,16-17,21,28H,1-9,13-15H2. The number of carbonyl (C=O) groups is 1. The summed E-state index contributed by atoms with van der Waals surface area (Å²) in [4.78, 5) is 20.0. The van der Waals surface area contributed by atoms with Gasteiger partial charge in [-0.25, -0.2) is 4.98 Å². The minimum Gasteiger partial charge on any atom is -0.486 e. The number of hydrogen-bond acceptors (Lipinski definition) is 5. The van der Waals surface area contributed by atoms with E-state index in [4.69, 9.17) is 16.3 Å². The lowest BCUT2D eigenvalue weighted by Crippen LogP contribution is -2.43. The summed E-state index contributed by atoms with van der Waals surface area (Å²) >= 11 is 7.81. The molecule has 0 bridgehead atoms. The van der Waals surface area contributed by atoms with Crippen LogP contribution >= 0.6 is 22.9 Å². The number of thiazole rings is 1. The fraction of sp³-hybridized carbons (Fsp3) is 0.583. The predicted molar refractivity (Wildman–Crippen MR) is 123 cm³/mol. The highest BCUT2D eigenvalue weighted by Gasteiger charge is 2.32. The van der Waals surface area contributed by atoms with Gasteiger partial charge in [0.1, 0.15) is 17.4 Å². The Balaban J connectivity index is 1.53. The maximum Gasteiger partial charge on any atom is 0.226 e. The first-order chi connectivity index (χ1) is 15.1. The van der Waals surface area contributed by atoms with Crippen molar-refractivity contribution in [3.8, 4) is 5.75 Å². The van der Waals surface area contributed by atoms with Crippen LogP contribution in [0.5, 0.6) is 5.75 Å². The summed E-state index contributed by atoms with van der Waals surface area (Å²) in [5, 5.41) is 12.5. The van der Waals surface area contributed by atoms with E-state index in [1.807, 2.05) is 23.6 Å². The molecule has 1 aromatic heterocycles. The van der Waals surface area contributed by atoms with Crippen LogP contribution in [0.2, 0.25) is 5.02 Å². The van der Waals surface area contributed by atoms with E-state index in [-0.39, 0.29) is 12.5 Å². The summed E-state index contributed by atoms with van der Waals surface area (Å²) in [7, 11) is 0. The molecule has 7 heteroatoms. The average Bonchev–Trinajstić information content (AvgIpc) is 3.49. The number of amides is 1. The van der Waals surface area contributed by atoms with Crippen molar-refractivity contribution < 1.29 is 14.6 Å². The van der Waals surface area contributed by atoms with Gasteiger partial charge < -0.3 is 14.7 Å². The Morgan fingerprint density at radius 2 is 1.90 bits per heavy atom.